The minimum Gasteiger partial charge on any atom is -0.444 e. The summed E-state index contributed by atoms with van der Waals surface area (Å²) >= 11 is 0. The first kappa shape index (κ1) is 24.1. The molecule has 0 N–H and O–H groups in total. The molecule has 2 amide bonds. The molecule has 176 valence electrons. The zero-order valence-electron chi connectivity index (χ0n) is 19.7. The molecule has 2 aliphatic heterocycles. The lowest BCUT2D eigenvalue weighted by atomic mass is 9.97. The molecule has 0 radical (unpaired) electrons. The Bertz CT molecular complexity index is 865. The molecule has 3 heterocycles. The van der Waals surface area contributed by atoms with Crippen LogP contribution in [0.1, 0.15) is 75.2 Å². The second kappa shape index (κ2) is 10.4. The second-order valence-electron chi connectivity index (χ2n) is 9.19. The summed E-state index contributed by atoms with van der Waals surface area (Å²) in [5.41, 5.74) is 0.304. The smallest absolute Gasteiger partial charge is 0.410 e. The van der Waals surface area contributed by atoms with Crippen LogP contribution in [-0.2, 0) is 14.3 Å². The van der Waals surface area contributed by atoms with E-state index in [0.29, 0.717) is 25.3 Å². The zero-order chi connectivity index (χ0) is 23.3. The van der Waals surface area contributed by atoms with Gasteiger partial charge in [-0.25, -0.2) is 14.5 Å². The Morgan fingerprint density at radius 3 is 2.53 bits per heavy atom. The Morgan fingerprint density at radius 1 is 1.22 bits per heavy atom. The first-order valence-corrected chi connectivity index (χ1v) is 11.2. The maximum atomic E-state index is 12.7. The number of carbonyl (C=O) groups is 2. The van der Waals surface area contributed by atoms with Crippen LogP contribution >= 0.6 is 0 Å². The summed E-state index contributed by atoms with van der Waals surface area (Å²) in [6, 6.07) is 0. The lowest BCUT2D eigenvalue weighted by molar-refractivity contribution is -0.0764. The minimum atomic E-state index is -0.506. The van der Waals surface area contributed by atoms with Gasteiger partial charge >= 0.3 is 6.09 Å². The highest BCUT2D eigenvalue weighted by molar-refractivity contribution is 5.93. The number of hydroxylamine groups is 2. The van der Waals surface area contributed by atoms with Gasteiger partial charge in [0.1, 0.15) is 11.8 Å². The van der Waals surface area contributed by atoms with Crippen LogP contribution in [0.15, 0.2) is 6.20 Å². The summed E-state index contributed by atoms with van der Waals surface area (Å²) in [6.07, 6.45) is 5.78. The third-order valence-electron chi connectivity index (χ3n) is 5.50. The van der Waals surface area contributed by atoms with Gasteiger partial charge in [0.2, 0.25) is 0 Å². The normalized spacial score (nSPS) is 19.8. The van der Waals surface area contributed by atoms with Gasteiger partial charge in [-0.15, -0.1) is 0 Å². The summed E-state index contributed by atoms with van der Waals surface area (Å²) in [7, 11) is 2.98. The van der Waals surface area contributed by atoms with Gasteiger partial charge in [0, 0.05) is 38.9 Å². The largest absolute Gasteiger partial charge is 0.444 e. The molecular formula is C23H34N4O5. The predicted octanol–water partition coefficient (Wildman–Crippen LogP) is 3.21. The van der Waals surface area contributed by atoms with Gasteiger partial charge in [0.15, 0.2) is 5.69 Å². The standard InChI is InChI=1S/C23H34N4O5/c1-23(2,3)32-22(29)26-13-11-17(12-14-26)9-10-18-16-27(19-8-6-7-15-31-19)24-20(18)21(28)25(4)30-5/h16-17,19H,6-8,11-15H2,1-5H3. The average molecular weight is 447 g/mol. The first-order chi connectivity index (χ1) is 15.2. The average Bonchev–Trinajstić information content (AvgIpc) is 3.20. The summed E-state index contributed by atoms with van der Waals surface area (Å²) in [5, 5.41) is 5.62. The monoisotopic (exact) mass is 446 g/mol. The van der Waals surface area contributed by atoms with E-state index in [1.807, 2.05) is 20.8 Å². The fourth-order valence-electron chi connectivity index (χ4n) is 3.67. The van der Waals surface area contributed by atoms with Crippen molar-refractivity contribution in [2.24, 2.45) is 5.92 Å². The van der Waals surface area contributed by atoms with Gasteiger partial charge in [-0.05, 0) is 52.9 Å². The van der Waals surface area contributed by atoms with E-state index in [1.54, 1.807) is 22.8 Å². The van der Waals surface area contributed by atoms with Crippen LogP contribution in [-0.4, -0.2) is 71.2 Å². The Balaban J connectivity index is 1.71. The van der Waals surface area contributed by atoms with Crippen LogP contribution in [0.25, 0.3) is 0 Å². The van der Waals surface area contributed by atoms with Crippen molar-refractivity contribution in [2.75, 3.05) is 33.9 Å². The SMILES string of the molecule is CON(C)C(=O)c1nn(C2CCCCO2)cc1C#CC1CCN(C(=O)OC(C)(C)C)CC1. The number of piperidine rings is 1. The number of nitrogens with zero attached hydrogens (tertiary/aromatic N) is 4. The molecule has 2 fully saturated rings. The molecule has 3 rings (SSSR count). The lowest BCUT2D eigenvalue weighted by Crippen LogP contribution is -2.41. The van der Waals surface area contributed by atoms with Crippen molar-refractivity contribution in [3.05, 3.63) is 17.5 Å². The molecule has 1 atom stereocenters. The Morgan fingerprint density at radius 2 is 1.94 bits per heavy atom. The molecule has 1 unspecified atom stereocenters. The number of rotatable bonds is 3. The van der Waals surface area contributed by atoms with Gasteiger partial charge in [0.05, 0.1) is 12.7 Å². The molecule has 0 aliphatic carbocycles. The zero-order valence-corrected chi connectivity index (χ0v) is 19.7. The van der Waals surface area contributed by atoms with E-state index in [2.05, 4.69) is 16.9 Å². The van der Waals surface area contributed by atoms with Gasteiger partial charge in [-0.3, -0.25) is 9.63 Å². The fourth-order valence-corrected chi connectivity index (χ4v) is 3.67. The van der Waals surface area contributed by atoms with E-state index in [1.165, 1.54) is 7.11 Å². The fraction of sp³-hybridized carbons (Fsp3) is 0.696. The molecule has 2 aliphatic rings. The summed E-state index contributed by atoms with van der Waals surface area (Å²) in [5.74, 6) is 6.21. The molecule has 2 saturated heterocycles. The van der Waals surface area contributed by atoms with Crippen LogP contribution < -0.4 is 0 Å². The van der Waals surface area contributed by atoms with Gasteiger partial charge in [-0.2, -0.15) is 5.10 Å². The van der Waals surface area contributed by atoms with Crippen molar-refractivity contribution < 1.29 is 23.9 Å². The Labute approximate surface area is 189 Å². The Kier molecular flexibility index (Phi) is 7.80. The van der Waals surface area contributed by atoms with E-state index >= 15 is 0 Å². The quantitative estimate of drug-likeness (QED) is 0.524. The lowest BCUT2D eigenvalue weighted by Gasteiger charge is -2.31. The van der Waals surface area contributed by atoms with E-state index in [9.17, 15) is 9.59 Å². The highest BCUT2D eigenvalue weighted by atomic mass is 16.7. The molecule has 9 nitrogen and oxygen atoms in total. The molecule has 1 aromatic heterocycles. The maximum Gasteiger partial charge on any atom is 0.410 e. The van der Waals surface area contributed by atoms with Crippen LogP contribution in [0.3, 0.4) is 0 Å². The number of amides is 2. The van der Waals surface area contributed by atoms with Crippen LogP contribution in [0.2, 0.25) is 0 Å². The third-order valence-corrected chi connectivity index (χ3v) is 5.50. The van der Waals surface area contributed by atoms with Crippen LogP contribution in [0.5, 0.6) is 0 Å². The maximum absolute atomic E-state index is 12.7. The molecule has 32 heavy (non-hydrogen) atoms. The van der Waals surface area contributed by atoms with Crippen molar-refractivity contribution in [3.8, 4) is 11.8 Å². The van der Waals surface area contributed by atoms with Crippen molar-refractivity contribution in [3.63, 3.8) is 0 Å². The van der Waals surface area contributed by atoms with Gasteiger partial charge < -0.3 is 14.4 Å². The summed E-state index contributed by atoms with van der Waals surface area (Å²) in [6.45, 7) is 7.47. The van der Waals surface area contributed by atoms with Crippen molar-refractivity contribution in [1.82, 2.24) is 19.7 Å². The van der Waals surface area contributed by atoms with Gasteiger partial charge in [-0.1, -0.05) is 11.8 Å². The van der Waals surface area contributed by atoms with E-state index in [4.69, 9.17) is 14.3 Å². The topological polar surface area (TPSA) is 86.1 Å². The molecular weight excluding hydrogens is 412 g/mol. The van der Waals surface area contributed by atoms with Crippen LogP contribution in [0, 0.1) is 17.8 Å². The number of hydrogen-bond acceptors (Lipinski definition) is 6. The van der Waals surface area contributed by atoms with Crippen molar-refractivity contribution >= 4 is 12.0 Å². The third kappa shape index (κ3) is 6.24. The summed E-state index contributed by atoms with van der Waals surface area (Å²) < 4.78 is 13.0. The van der Waals surface area contributed by atoms with Gasteiger partial charge in [0.25, 0.3) is 5.91 Å². The first-order valence-electron chi connectivity index (χ1n) is 11.2. The number of carbonyl (C=O) groups excluding carboxylic acids is 2. The molecule has 0 aromatic carbocycles. The minimum absolute atomic E-state index is 0.131. The number of aromatic nitrogens is 2. The molecule has 0 saturated carbocycles. The molecule has 0 spiro atoms. The molecule has 1 aromatic rings. The Hall–Kier alpha value is -2.57. The molecule has 0 bridgehead atoms. The summed E-state index contributed by atoms with van der Waals surface area (Å²) in [4.78, 5) is 31.8. The van der Waals surface area contributed by atoms with E-state index in [0.717, 1.165) is 37.2 Å². The highest BCUT2D eigenvalue weighted by Gasteiger charge is 2.27. The predicted molar refractivity (Wildman–Crippen MR) is 118 cm³/mol. The number of hydrogen-bond donors (Lipinski definition) is 0. The number of ether oxygens (including phenoxy) is 2. The van der Waals surface area contributed by atoms with Crippen LogP contribution in [0.4, 0.5) is 4.79 Å². The molecule has 9 heteroatoms. The van der Waals surface area contributed by atoms with E-state index in [-0.39, 0.29) is 29.8 Å². The number of likely N-dealkylation sites (tertiary alicyclic amines) is 1. The van der Waals surface area contributed by atoms with Crippen molar-refractivity contribution in [1.29, 1.82) is 0 Å². The highest BCUT2D eigenvalue weighted by Crippen LogP contribution is 2.24. The van der Waals surface area contributed by atoms with Crippen molar-refractivity contribution in [2.45, 2.75) is 64.7 Å². The van der Waals surface area contributed by atoms with E-state index < -0.39 is 5.60 Å². The second-order valence-corrected chi connectivity index (χ2v) is 9.19.